The van der Waals surface area contributed by atoms with Gasteiger partial charge in [0.2, 0.25) is 5.95 Å². The summed E-state index contributed by atoms with van der Waals surface area (Å²) < 4.78 is 26.5. The van der Waals surface area contributed by atoms with Gasteiger partial charge < -0.3 is 15.7 Å². The van der Waals surface area contributed by atoms with Crippen LogP contribution in [-0.2, 0) is 0 Å². The van der Waals surface area contributed by atoms with Gasteiger partial charge in [0.25, 0.3) is 0 Å². The van der Waals surface area contributed by atoms with E-state index >= 15 is 0 Å². The molecular formula is C19H18F2N4O. The second kappa shape index (κ2) is 7.88. The van der Waals surface area contributed by atoms with E-state index < -0.39 is 11.6 Å². The number of hydrogen-bond acceptors (Lipinski definition) is 5. The number of hydrogen-bond donors (Lipinski definition) is 3. The van der Waals surface area contributed by atoms with Gasteiger partial charge in [0.05, 0.1) is 12.3 Å². The molecule has 3 N–H and O–H groups in total. The van der Waals surface area contributed by atoms with Crippen molar-refractivity contribution >= 4 is 17.5 Å². The van der Waals surface area contributed by atoms with Crippen LogP contribution in [0.25, 0.3) is 11.3 Å². The van der Waals surface area contributed by atoms with Gasteiger partial charge in [0, 0.05) is 29.4 Å². The van der Waals surface area contributed by atoms with Gasteiger partial charge in [-0.3, -0.25) is 0 Å². The van der Waals surface area contributed by atoms with E-state index in [1.165, 1.54) is 6.07 Å². The van der Waals surface area contributed by atoms with Crippen molar-refractivity contribution in [3.63, 3.8) is 0 Å². The summed E-state index contributed by atoms with van der Waals surface area (Å²) in [7, 11) is 0. The maximum Gasteiger partial charge on any atom is 0.225 e. The Kier molecular flexibility index (Phi) is 5.38. The van der Waals surface area contributed by atoms with Crippen LogP contribution in [0.2, 0.25) is 0 Å². The molecule has 1 heterocycles. The largest absolute Gasteiger partial charge is 0.394 e. The number of benzene rings is 2. The lowest BCUT2D eigenvalue weighted by Gasteiger charge is -2.14. The maximum absolute atomic E-state index is 13.4. The normalized spacial score (nSPS) is 11.8. The van der Waals surface area contributed by atoms with Crippen LogP contribution in [0.5, 0.6) is 0 Å². The van der Waals surface area contributed by atoms with E-state index in [4.69, 9.17) is 0 Å². The molecule has 0 bridgehead atoms. The lowest BCUT2D eigenvalue weighted by atomic mass is 10.1. The van der Waals surface area contributed by atoms with Crippen molar-refractivity contribution in [3.05, 3.63) is 66.2 Å². The Labute approximate surface area is 149 Å². The lowest BCUT2D eigenvalue weighted by Crippen LogP contribution is -2.21. The molecule has 5 nitrogen and oxygen atoms in total. The first-order chi connectivity index (χ1) is 12.5. The molecule has 0 amide bonds. The summed E-state index contributed by atoms with van der Waals surface area (Å²) in [5.41, 5.74) is 1.89. The predicted octanol–water partition coefficient (Wildman–Crippen LogP) is 3.96. The topological polar surface area (TPSA) is 70.1 Å². The van der Waals surface area contributed by atoms with Crippen molar-refractivity contribution in [2.45, 2.75) is 13.0 Å². The van der Waals surface area contributed by atoms with Crippen LogP contribution in [0.3, 0.4) is 0 Å². The quantitative estimate of drug-likeness (QED) is 0.624. The molecule has 134 valence electrons. The molecule has 3 aromatic rings. The SMILES string of the molecule is C[C@H](CO)Nc1nc(Nc2ccc(F)c(F)c2)cc(-c2ccccc2)n1. The van der Waals surface area contributed by atoms with Gasteiger partial charge in [-0.05, 0) is 19.1 Å². The summed E-state index contributed by atoms with van der Waals surface area (Å²) >= 11 is 0. The van der Waals surface area contributed by atoms with E-state index in [0.29, 0.717) is 23.1 Å². The standard InChI is InChI=1S/C19H18F2N4O/c1-12(11-26)22-19-24-17(13-5-3-2-4-6-13)10-18(25-19)23-14-7-8-15(20)16(21)9-14/h2-10,12,26H,11H2,1H3,(H2,22,23,24,25)/t12-/m1/s1. The second-order valence-electron chi connectivity index (χ2n) is 5.81. The van der Waals surface area contributed by atoms with E-state index in [1.807, 2.05) is 30.3 Å². The van der Waals surface area contributed by atoms with Gasteiger partial charge >= 0.3 is 0 Å². The molecular weight excluding hydrogens is 338 g/mol. The number of halogens is 2. The highest BCUT2D eigenvalue weighted by Crippen LogP contribution is 2.24. The first-order valence-electron chi connectivity index (χ1n) is 8.09. The molecule has 0 saturated carbocycles. The van der Waals surface area contributed by atoms with Crippen LogP contribution in [0.15, 0.2) is 54.6 Å². The summed E-state index contributed by atoms with van der Waals surface area (Å²) in [4.78, 5) is 8.79. The summed E-state index contributed by atoms with van der Waals surface area (Å²) in [5.74, 6) is -1.13. The molecule has 0 aliphatic rings. The summed E-state index contributed by atoms with van der Waals surface area (Å²) in [6.45, 7) is 1.71. The predicted molar refractivity (Wildman–Crippen MR) is 97.3 cm³/mol. The molecule has 0 saturated heterocycles. The summed E-state index contributed by atoms with van der Waals surface area (Å²) in [6, 6.07) is 14.5. The van der Waals surface area contributed by atoms with E-state index in [2.05, 4.69) is 20.6 Å². The first-order valence-corrected chi connectivity index (χ1v) is 8.09. The molecule has 0 aliphatic carbocycles. The van der Waals surface area contributed by atoms with Gasteiger partial charge in [-0.2, -0.15) is 4.98 Å². The van der Waals surface area contributed by atoms with Crippen LogP contribution in [0.4, 0.5) is 26.2 Å². The fourth-order valence-electron chi connectivity index (χ4n) is 2.32. The molecule has 0 aliphatic heterocycles. The summed E-state index contributed by atoms with van der Waals surface area (Å²) in [6.07, 6.45) is 0. The Morgan fingerprint density at radius 1 is 1.00 bits per heavy atom. The highest BCUT2D eigenvalue weighted by molar-refractivity contribution is 5.67. The smallest absolute Gasteiger partial charge is 0.225 e. The van der Waals surface area contributed by atoms with Gasteiger partial charge in [-0.15, -0.1) is 0 Å². The first kappa shape index (κ1) is 17.8. The van der Waals surface area contributed by atoms with E-state index in [-0.39, 0.29) is 12.6 Å². The van der Waals surface area contributed by atoms with E-state index in [0.717, 1.165) is 17.7 Å². The third-order valence-corrected chi connectivity index (χ3v) is 3.64. The minimum atomic E-state index is -0.945. The third-order valence-electron chi connectivity index (χ3n) is 3.64. The van der Waals surface area contributed by atoms with Crippen molar-refractivity contribution in [1.29, 1.82) is 0 Å². The van der Waals surface area contributed by atoms with Gasteiger partial charge in [0.15, 0.2) is 11.6 Å². The number of rotatable bonds is 6. The third kappa shape index (κ3) is 4.31. The fraction of sp³-hybridized carbons (Fsp3) is 0.158. The van der Waals surface area contributed by atoms with Crippen LogP contribution < -0.4 is 10.6 Å². The molecule has 7 heteroatoms. The zero-order valence-corrected chi connectivity index (χ0v) is 14.1. The van der Waals surface area contributed by atoms with Gasteiger partial charge in [-0.25, -0.2) is 13.8 Å². The van der Waals surface area contributed by atoms with Crippen LogP contribution in [0.1, 0.15) is 6.92 Å². The molecule has 26 heavy (non-hydrogen) atoms. The molecule has 2 aromatic carbocycles. The molecule has 1 aromatic heterocycles. The van der Waals surface area contributed by atoms with Gasteiger partial charge in [0.1, 0.15) is 5.82 Å². The lowest BCUT2D eigenvalue weighted by molar-refractivity contribution is 0.281. The average Bonchev–Trinajstić information content (AvgIpc) is 2.65. The molecule has 0 spiro atoms. The second-order valence-corrected chi connectivity index (χ2v) is 5.81. The zero-order chi connectivity index (χ0) is 18.5. The van der Waals surface area contributed by atoms with Gasteiger partial charge in [-0.1, -0.05) is 30.3 Å². The van der Waals surface area contributed by atoms with Crippen molar-refractivity contribution in [3.8, 4) is 11.3 Å². The molecule has 0 unspecified atom stereocenters. The average molecular weight is 356 g/mol. The van der Waals surface area contributed by atoms with Crippen LogP contribution in [0, 0.1) is 11.6 Å². The summed E-state index contributed by atoms with van der Waals surface area (Å²) in [5, 5.41) is 15.2. The fourth-order valence-corrected chi connectivity index (χ4v) is 2.32. The number of aliphatic hydroxyl groups excluding tert-OH is 1. The van der Waals surface area contributed by atoms with Crippen LogP contribution in [-0.4, -0.2) is 27.7 Å². The monoisotopic (exact) mass is 356 g/mol. The maximum atomic E-state index is 13.4. The number of anilines is 3. The Bertz CT molecular complexity index is 890. The Hall–Kier alpha value is -3.06. The Morgan fingerprint density at radius 2 is 1.77 bits per heavy atom. The number of nitrogens with one attached hydrogen (secondary N) is 2. The highest BCUT2D eigenvalue weighted by Gasteiger charge is 2.10. The minimum absolute atomic E-state index is 0.0785. The molecule has 3 rings (SSSR count). The number of aliphatic hydroxyl groups is 1. The van der Waals surface area contributed by atoms with E-state index in [1.54, 1.807) is 13.0 Å². The van der Waals surface area contributed by atoms with E-state index in [9.17, 15) is 13.9 Å². The molecule has 1 atom stereocenters. The van der Waals surface area contributed by atoms with Crippen molar-refractivity contribution in [1.82, 2.24) is 9.97 Å². The van der Waals surface area contributed by atoms with Crippen LogP contribution >= 0.6 is 0 Å². The van der Waals surface area contributed by atoms with Crippen molar-refractivity contribution < 1.29 is 13.9 Å². The van der Waals surface area contributed by atoms with Crippen molar-refractivity contribution in [2.75, 3.05) is 17.2 Å². The molecule has 0 radical (unpaired) electrons. The number of aromatic nitrogens is 2. The highest BCUT2D eigenvalue weighted by atomic mass is 19.2. The Morgan fingerprint density at radius 3 is 2.46 bits per heavy atom. The number of nitrogens with zero attached hydrogens (tertiary/aromatic N) is 2. The zero-order valence-electron chi connectivity index (χ0n) is 14.1. The van der Waals surface area contributed by atoms with Crippen molar-refractivity contribution in [2.24, 2.45) is 0 Å². The Balaban J connectivity index is 1.97. The molecule has 0 fully saturated rings. The minimum Gasteiger partial charge on any atom is -0.394 e.